The van der Waals surface area contributed by atoms with Crippen molar-refractivity contribution in [2.75, 3.05) is 6.54 Å². The normalized spacial score (nSPS) is 11.1. The van der Waals surface area contributed by atoms with E-state index in [4.69, 9.17) is 0 Å². The Kier molecular flexibility index (Phi) is 6.93. The van der Waals surface area contributed by atoms with E-state index < -0.39 is 21.8 Å². The zero-order valence-corrected chi connectivity index (χ0v) is 17.2. The minimum Gasteiger partial charge on any atom is -0.273 e. The minimum atomic E-state index is -3.70. The molecule has 0 aliphatic carbocycles. The van der Waals surface area contributed by atoms with Gasteiger partial charge >= 0.3 is 0 Å². The van der Waals surface area contributed by atoms with Crippen LogP contribution < -0.4 is 15.6 Å². The van der Waals surface area contributed by atoms with Gasteiger partial charge in [0.2, 0.25) is 15.9 Å². The standard InChI is InChI=1S/C20H25N3O4S/c1-13-5-8-18(16(4)11-13)20(25)23-22-19(24)9-10-21-28(26,27)17-7-6-14(2)15(3)12-17/h5-8,11-12,21H,9-10H2,1-4H3,(H,22,24)(H,23,25). The second kappa shape index (κ2) is 8.99. The number of hydrogen-bond acceptors (Lipinski definition) is 4. The van der Waals surface area contributed by atoms with Crippen LogP contribution >= 0.6 is 0 Å². The van der Waals surface area contributed by atoms with Gasteiger partial charge < -0.3 is 0 Å². The van der Waals surface area contributed by atoms with Crippen LogP contribution in [0.1, 0.15) is 39.0 Å². The minimum absolute atomic E-state index is 0.0828. The number of hydrogen-bond donors (Lipinski definition) is 3. The SMILES string of the molecule is Cc1ccc(C(=O)NNC(=O)CCNS(=O)(=O)c2ccc(C)c(C)c2)c(C)c1. The van der Waals surface area contributed by atoms with Crippen molar-refractivity contribution in [2.45, 2.75) is 39.0 Å². The van der Waals surface area contributed by atoms with E-state index in [0.29, 0.717) is 5.56 Å². The van der Waals surface area contributed by atoms with Gasteiger partial charge in [-0.2, -0.15) is 0 Å². The Balaban J connectivity index is 1.83. The first kappa shape index (κ1) is 21.6. The van der Waals surface area contributed by atoms with Gasteiger partial charge in [-0.3, -0.25) is 20.4 Å². The summed E-state index contributed by atoms with van der Waals surface area (Å²) in [7, 11) is -3.70. The molecule has 0 fully saturated rings. The Labute approximate surface area is 165 Å². The van der Waals surface area contributed by atoms with Crippen LogP contribution in [0.3, 0.4) is 0 Å². The monoisotopic (exact) mass is 403 g/mol. The van der Waals surface area contributed by atoms with E-state index in [2.05, 4.69) is 15.6 Å². The van der Waals surface area contributed by atoms with Crippen molar-refractivity contribution in [1.82, 2.24) is 15.6 Å². The summed E-state index contributed by atoms with van der Waals surface area (Å²) in [5.41, 5.74) is 8.79. The van der Waals surface area contributed by atoms with E-state index in [0.717, 1.165) is 22.3 Å². The molecule has 0 saturated heterocycles. The summed E-state index contributed by atoms with van der Waals surface area (Å²) in [4.78, 5) is 24.2. The fraction of sp³-hybridized carbons (Fsp3) is 0.300. The van der Waals surface area contributed by atoms with Gasteiger partial charge in [-0.15, -0.1) is 0 Å². The van der Waals surface area contributed by atoms with Gasteiger partial charge in [-0.1, -0.05) is 23.8 Å². The highest BCUT2D eigenvalue weighted by Gasteiger charge is 2.15. The molecule has 0 heterocycles. The highest BCUT2D eigenvalue weighted by atomic mass is 32.2. The molecule has 7 nitrogen and oxygen atoms in total. The number of benzene rings is 2. The zero-order valence-electron chi connectivity index (χ0n) is 16.4. The number of carbonyl (C=O) groups is 2. The summed E-state index contributed by atoms with van der Waals surface area (Å²) in [5, 5.41) is 0. The van der Waals surface area contributed by atoms with Gasteiger partial charge in [0, 0.05) is 18.5 Å². The van der Waals surface area contributed by atoms with Crippen LogP contribution in [0, 0.1) is 27.7 Å². The van der Waals surface area contributed by atoms with E-state index in [1.165, 1.54) is 6.07 Å². The van der Waals surface area contributed by atoms with Crippen molar-refractivity contribution in [3.05, 3.63) is 64.2 Å². The maximum atomic E-state index is 12.3. The highest BCUT2D eigenvalue weighted by Crippen LogP contribution is 2.14. The third-order valence-electron chi connectivity index (χ3n) is 4.37. The van der Waals surface area contributed by atoms with Gasteiger partial charge in [0.25, 0.3) is 5.91 Å². The Bertz CT molecular complexity index is 1000. The largest absolute Gasteiger partial charge is 0.273 e. The number of amides is 2. The van der Waals surface area contributed by atoms with Crippen molar-refractivity contribution in [2.24, 2.45) is 0 Å². The highest BCUT2D eigenvalue weighted by molar-refractivity contribution is 7.89. The molecule has 0 aromatic heterocycles. The molecule has 3 N–H and O–H groups in total. The molecule has 8 heteroatoms. The van der Waals surface area contributed by atoms with Gasteiger partial charge in [0.15, 0.2) is 0 Å². The second-order valence-electron chi connectivity index (χ2n) is 6.71. The predicted molar refractivity (Wildman–Crippen MR) is 107 cm³/mol. The maximum Gasteiger partial charge on any atom is 0.269 e. The first-order valence-electron chi connectivity index (χ1n) is 8.83. The Morgan fingerprint density at radius 1 is 0.857 bits per heavy atom. The topological polar surface area (TPSA) is 104 Å². The Hall–Kier alpha value is -2.71. The van der Waals surface area contributed by atoms with E-state index >= 15 is 0 Å². The fourth-order valence-corrected chi connectivity index (χ4v) is 3.70. The number of aryl methyl sites for hydroxylation is 4. The molecule has 0 atom stereocenters. The maximum absolute atomic E-state index is 12.3. The average molecular weight is 404 g/mol. The smallest absolute Gasteiger partial charge is 0.269 e. The van der Waals surface area contributed by atoms with E-state index in [9.17, 15) is 18.0 Å². The third kappa shape index (κ3) is 5.64. The quantitative estimate of drug-likeness (QED) is 0.642. The average Bonchev–Trinajstić information content (AvgIpc) is 2.61. The van der Waals surface area contributed by atoms with Crippen LogP contribution in [0.2, 0.25) is 0 Å². The summed E-state index contributed by atoms with van der Waals surface area (Å²) in [5.74, 6) is -0.928. The predicted octanol–water partition coefficient (Wildman–Crippen LogP) is 2.05. The molecule has 0 spiro atoms. The summed E-state index contributed by atoms with van der Waals surface area (Å²) >= 11 is 0. The van der Waals surface area contributed by atoms with Gasteiger partial charge in [0.1, 0.15) is 0 Å². The molecule has 2 aromatic carbocycles. The lowest BCUT2D eigenvalue weighted by Gasteiger charge is -2.11. The summed E-state index contributed by atoms with van der Waals surface area (Å²) < 4.78 is 26.9. The van der Waals surface area contributed by atoms with Crippen LogP contribution in [0.4, 0.5) is 0 Å². The van der Waals surface area contributed by atoms with Crippen molar-refractivity contribution in [1.29, 1.82) is 0 Å². The molecule has 150 valence electrons. The van der Waals surface area contributed by atoms with Crippen molar-refractivity contribution in [3.63, 3.8) is 0 Å². The molecule has 0 saturated carbocycles. The van der Waals surface area contributed by atoms with Crippen molar-refractivity contribution < 1.29 is 18.0 Å². The molecule has 0 aliphatic heterocycles. The first-order valence-corrected chi connectivity index (χ1v) is 10.3. The molecule has 0 unspecified atom stereocenters. The molecule has 2 rings (SSSR count). The van der Waals surface area contributed by atoms with Gasteiger partial charge in [-0.25, -0.2) is 13.1 Å². The molecule has 0 aliphatic rings. The molecule has 28 heavy (non-hydrogen) atoms. The number of nitrogens with one attached hydrogen (secondary N) is 3. The zero-order chi connectivity index (χ0) is 20.9. The Morgan fingerprint density at radius 2 is 1.57 bits per heavy atom. The Morgan fingerprint density at radius 3 is 2.21 bits per heavy atom. The van der Waals surface area contributed by atoms with E-state index in [1.54, 1.807) is 18.2 Å². The van der Waals surface area contributed by atoms with Crippen LogP contribution in [-0.4, -0.2) is 26.8 Å². The summed E-state index contributed by atoms with van der Waals surface area (Å²) in [6.07, 6.45) is -0.114. The van der Waals surface area contributed by atoms with Crippen LogP contribution in [0.5, 0.6) is 0 Å². The van der Waals surface area contributed by atoms with Crippen LogP contribution in [0.15, 0.2) is 41.3 Å². The molecular formula is C20H25N3O4S. The van der Waals surface area contributed by atoms with Gasteiger partial charge in [-0.05, 0) is 62.6 Å². The lowest BCUT2D eigenvalue weighted by atomic mass is 10.1. The molecule has 2 aromatic rings. The lowest BCUT2D eigenvalue weighted by molar-refractivity contribution is -0.121. The van der Waals surface area contributed by atoms with Crippen LogP contribution in [-0.2, 0) is 14.8 Å². The third-order valence-corrected chi connectivity index (χ3v) is 5.83. The second-order valence-corrected chi connectivity index (χ2v) is 8.48. The number of carbonyl (C=O) groups excluding carboxylic acids is 2. The fourth-order valence-electron chi connectivity index (χ4n) is 2.59. The summed E-state index contributed by atoms with van der Waals surface area (Å²) in [6, 6.07) is 10.2. The first-order chi connectivity index (χ1) is 13.1. The molecule has 2 amide bonds. The van der Waals surface area contributed by atoms with E-state index in [1.807, 2.05) is 39.8 Å². The molecular weight excluding hydrogens is 378 g/mol. The van der Waals surface area contributed by atoms with Gasteiger partial charge in [0.05, 0.1) is 4.90 Å². The van der Waals surface area contributed by atoms with E-state index in [-0.39, 0.29) is 17.9 Å². The van der Waals surface area contributed by atoms with Crippen molar-refractivity contribution in [3.8, 4) is 0 Å². The van der Waals surface area contributed by atoms with Crippen LogP contribution in [0.25, 0.3) is 0 Å². The number of hydrazine groups is 1. The summed E-state index contributed by atoms with van der Waals surface area (Å²) in [6.45, 7) is 7.39. The lowest BCUT2D eigenvalue weighted by Crippen LogP contribution is -2.43. The van der Waals surface area contributed by atoms with Crippen molar-refractivity contribution >= 4 is 21.8 Å². The molecule has 0 bridgehead atoms. The number of rotatable bonds is 6. The number of sulfonamides is 1. The molecule has 0 radical (unpaired) electrons.